The zero-order valence-corrected chi connectivity index (χ0v) is 12.6. The van der Waals surface area contributed by atoms with Gasteiger partial charge in [0.15, 0.2) is 0 Å². The molecule has 19 heavy (non-hydrogen) atoms. The van der Waals surface area contributed by atoms with Gasteiger partial charge in [-0.15, -0.1) is 11.3 Å². The monoisotopic (exact) mass is 302 g/mol. The van der Waals surface area contributed by atoms with Crippen LogP contribution < -0.4 is 5.14 Å². The fourth-order valence-electron chi connectivity index (χ4n) is 2.21. The largest absolute Gasteiger partial charge is 0.338 e. The minimum Gasteiger partial charge on any atom is -0.338 e. The maximum atomic E-state index is 12.3. The third-order valence-corrected chi connectivity index (χ3v) is 6.11. The lowest BCUT2D eigenvalue weighted by molar-refractivity contribution is 0.0628. The molecule has 0 radical (unpaired) electrons. The first-order chi connectivity index (χ1) is 8.79. The van der Waals surface area contributed by atoms with Crippen molar-refractivity contribution in [1.29, 1.82) is 0 Å². The molecule has 1 aliphatic rings. The molecule has 2 heterocycles. The standard InChI is InChI=1S/C12H18N2O3S2/c1-8-3-4-14(6-9(8)2)12(15)10-5-11(18-7-10)19(13,16)17/h5,7-9H,3-4,6H2,1-2H3,(H2,13,16,17). The first-order valence-electron chi connectivity index (χ1n) is 6.19. The molecule has 0 saturated carbocycles. The molecular formula is C12H18N2O3S2. The maximum Gasteiger partial charge on any atom is 0.254 e. The van der Waals surface area contributed by atoms with Crippen molar-refractivity contribution in [1.82, 2.24) is 4.90 Å². The van der Waals surface area contributed by atoms with Crippen molar-refractivity contribution < 1.29 is 13.2 Å². The van der Waals surface area contributed by atoms with Gasteiger partial charge in [-0.25, -0.2) is 13.6 Å². The lowest BCUT2D eigenvalue weighted by Crippen LogP contribution is -2.42. The van der Waals surface area contributed by atoms with Gasteiger partial charge in [-0.3, -0.25) is 4.79 Å². The molecule has 106 valence electrons. The molecule has 0 aliphatic carbocycles. The summed E-state index contributed by atoms with van der Waals surface area (Å²) in [5, 5.41) is 6.61. The van der Waals surface area contributed by atoms with Gasteiger partial charge in [-0.05, 0) is 24.3 Å². The van der Waals surface area contributed by atoms with Crippen molar-refractivity contribution in [2.24, 2.45) is 17.0 Å². The van der Waals surface area contributed by atoms with Crippen LogP contribution in [0.15, 0.2) is 15.7 Å². The number of rotatable bonds is 2. The number of hydrogen-bond acceptors (Lipinski definition) is 4. The van der Waals surface area contributed by atoms with Crippen LogP contribution in [-0.4, -0.2) is 32.3 Å². The molecule has 1 aromatic heterocycles. The van der Waals surface area contributed by atoms with Crippen molar-refractivity contribution >= 4 is 27.3 Å². The predicted molar refractivity (Wildman–Crippen MR) is 74.5 cm³/mol. The number of carbonyl (C=O) groups excluding carboxylic acids is 1. The first kappa shape index (κ1) is 14.5. The summed E-state index contributed by atoms with van der Waals surface area (Å²) >= 11 is 0.990. The molecule has 1 amide bonds. The Morgan fingerprint density at radius 2 is 2.11 bits per heavy atom. The summed E-state index contributed by atoms with van der Waals surface area (Å²) in [5.74, 6) is 0.977. The minimum absolute atomic E-state index is 0.0364. The zero-order valence-electron chi connectivity index (χ0n) is 11.0. The Labute approximate surface area is 117 Å². The molecule has 5 nitrogen and oxygen atoms in total. The average molecular weight is 302 g/mol. The van der Waals surface area contributed by atoms with Crippen LogP contribution in [0, 0.1) is 11.8 Å². The fraction of sp³-hybridized carbons (Fsp3) is 0.583. The van der Waals surface area contributed by atoms with Gasteiger partial charge in [0.05, 0.1) is 5.56 Å². The summed E-state index contributed by atoms with van der Waals surface area (Å²) in [6, 6.07) is 1.37. The van der Waals surface area contributed by atoms with Crippen LogP contribution in [0.2, 0.25) is 0 Å². The van der Waals surface area contributed by atoms with Gasteiger partial charge in [0.25, 0.3) is 5.91 Å². The molecule has 0 spiro atoms. The summed E-state index contributed by atoms with van der Waals surface area (Å²) in [5.41, 5.74) is 0.413. The molecule has 7 heteroatoms. The Morgan fingerprint density at radius 1 is 1.42 bits per heavy atom. The topological polar surface area (TPSA) is 80.5 Å². The lowest BCUT2D eigenvalue weighted by atomic mass is 9.88. The molecular weight excluding hydrogens is 284 g/mol. The number of amides is 1. The average Bonchev–Trinajstić information content (AvgIpc) is 2.81. The Balaban J connectivity index is 2.14. The van der Waals surface area contributed by atoms with Gasteiger partial charge in [0, 0.05) is 18.5 Å². The zero-order chi connectivity index (χ0) is 14.2. The molecule has 2 atom stereocenters. The molecule has 0 bridgehead atoms. The summed E-state index contributed by atoms with van der Waals surface area (Å²) in [7, 11) is -3.72. The quantitative estimate of drug-likeness (QED) is 0.899. The smallest absolute Gasteiger partial charge is 0.254 e. The van der Waals surface area contributed by atoms with Gasteiger partial charge in [0.2, 0.25) is 10.0 Å². The van der Waals surface area contributed by atoms with E-state index in [9.17, 15) is 13.2 Å². The second kappa shape index (κ2) is 5.22. The summed E-state index contributed by atoms with van der Waals surface area (Å²) in [4.78, 5) is 14.1. The van der Waals surface area contributed by atoms with E-state index in [4.69, 9.17) is 5.14 Å². The van der Waals surface area contributed by atoms with Crippen molar-refractivity contribution in [3.8, 4) is 0 Å². The van der Waals surface area contributed by atoms with Crippen molar-refractivity contribution in [3.63, 3.8) is 0 Å². The number of hydrogen-bond donors (Lipinski definition) is 1. The van der Waals surface area contributed by atoms with Gasteiger partial charge in [0.1, 0.15) is 4.21 Å². The van der Waals surface area contributed by atoms with Crippen LogP contribution in [0.3, 0.4) is 0 Å². The van der Waals surface area contributed by atoms with E-state index in [1.54, 1.807) is 10.3 Å². The number of piperidine rings is 1. The fourth-order valence-corrected chi connectivity index (χ4v) is 3.79. The highest BCUT2D eigenvalue weighted by atomic mass is 32.2. The summed E-state index contributed by atoms with van der Waals surface area (Å²) in [6.07, 6.45) is 0.985. The van der Waals surface area contributed by atoms with Crippen LogP contribution in [0.1, 0.15) is 30.6 Å². The molecule has 0 aromatic carbocycles. The molecule has 1 saturated heterocycles. The van der Waals surface area contributed by atoms with E-state index in [1.807, 2.05) is 0 Å². The normalized spacial score (nSPS) is 24.5. The first-order valence-corrected chi connectivity index (χ1v) is 8.62. The number of likely N-dealkylation sites (tertiary alicyclic amines) is 1. The van der Waals surface area contributed by atoms with E-state index in [0.717, 1.165) is 30.8 Å². The highest BCUT2D eigenvalue weighted by Crippen LogP contribution is 2.25. The van der Waals surface area contributed by atoms with Crippen molar-refractivity contribution in [2.75, 3.05) is 13.1 Å². The number of carbonyl (C=O) groups is 1. The van der Waals surface area contributed by atoms with Crippen LogP contribution in [0.5, 0.6) is 0 Å². The van der Waals surface area contributed by atoms with Crippen LogP contribution in [0.4, 0.5) is 0 Å². The predicted octanol–water partition coefficient (Wildman–Crippen LogP) is 1.51. The van der Waals surface area contributed by atoms with E-state index in [-0.39, 0.29) is 10.1 Å². The van der Waals surface area contributed by atoms with E-state index < -0.39 is 10.0 Å². The van der Waals surface area contributed by atoms with E-state index in [0.29, 0.717) is 17.4 Å². The molecule has 2 unspecified atom stereocenters. The third-order valence-electron chi connectivity index (χ3n) is 3.72. The molecule has 1 fully saturated rings. The highest BCUT2D eigenvalue weighted by Gasteiger charge is 2.27. The Kier molecular flexibility index (Phi) is 3.98. The summed E-state index contributed by atoms with van der Waals surface area (Å²) < 4.78 is 22.4. The number of nitrogens with zero attached hydrogens (tertiary/aromatic N) is 1. The van der Waals surface area contributed by atoms with Crippen LogP contribution >= 0.6 is 11.3 Å². The van der Waals surface area contributed by atoms with E-state index >= 15 is 0 Å². The molecule has 2 rings (SSSR count). The van der Waals surface area contributed by atoms with Gasteiger partial charge in [-0.2, -0.15) is 0 Å². The van der Waals surface area contributed by atoms with Crippen LogP contribution in [-0.2, 0) is 10.0 Å². The van der Waals surface area contributed by atoms with Gasteiger partial charge >= 0.3 is 0 Å². The Bertz CT molecular complexity index is 580. The Hall–Kier alpha value is -0.920. The highest BCUT2D eigenvalue weighted by molar-refractivity contribution is 7.91. The number of sulfonamides is 1. The molecule has 2 N–H and O–H groups in total. The third kappa shape index (κ3) is 3.16. The number of nitrogens with two attached hydrogens (primary N) is 1. The van der Waals surface area contributed by atoms with E-state index in [2.05, 4.69) is 13.8 Å². The van der Waals surface area contributed by atoms with Gasteiger partial charge < -0.3 is 4.90 Å². The number of thiophene rings is 1. The second-order valence-electron chi connectivity index (χ2n) is 5.19. The Morgan fingerprint density at radius 3 is 2.63 bits per heavy atom. The molecule has 1 aliphatic heterocycles. The maximum absolute atomic E-state index is 12.3. The van der Waals surface area contributed by atoms with Crippen LogP contribution in [0.25, 0.3) is 0 Å². The van der Waals surface area contributed by atoms with E-state index in [1.165, 1.54) is 6.07 Å². The lowest BCUT2D eigenvalue weighted by Gasteiger charge is -2.35. The number of primary sulfonamides is 1. The minimum atomic E-state index is -3.72. The molecule has 1 aromatic rings. The van der Waals surface area contributed by atoms with Gasteiger partial charge in [-0.1, -0.05) is 13.8 Å². The second-order valence-corrected chi connectivity index (χ2v) is 7.89. The van der Waals surface area contributed by atoms with Crippen molar-refractivity contribution in [2.45, 2.75) is 24.5 Å². The summed E-state index contributed by atoms with van der Waals surface area (Å²) in [6.45, 7) is 5.77. The SMILES string of the molecule is CC1CCN(C(=O)c2csc(S(N)(=O)=O)c2)CC1C. The van der Waals surface area contributed by atoms with Crippen molar-refractivity contribution in [3.05, 3.63) is 17.0 Å².